The maximum atomic E-state index is 12.4. The predicted molar refractivity (Wildman–Crippen MR) is 101 cm³/mol. The van der Waals surface area contributed by atoms with Crippen LogP contribution in [0.4, 0.5) is 5.69 Å². The SMILES string of the molecule is CC(C)c1ccc(NC(=O)c2ccc(Cl)c(S(=O)(=O)N(C)C)c2)cc1. The average molecular weight is 381 g/mol. The third-order valence-electron chi connectivity index (χ3n) is 3.79. The lowest BCUT2D eigenvalue weighted by molar-refractivity contribution is 0.102. The Morgan fingerprint density at radius 2 is 1.68 bits per heavy atom. The van der Waals surface area contributed by atoms with Crippen molar-refractivity contribution in [2.24, 2.45) is 0 Å². The molecule has 0 aromatic heterocycles. The van der Waals surface area contributed by atoms with Gasteiger partial charge in [0, 0.05) is 25.3 Å². The van der Waals surface area contributed by atoms with E-state index in [1.165, 1.54) is 37.9 Å². The number of nitrogens with zero attached hydrogens (tertiary/aromatic N) is 1. The van der Waals surface area contributed by atoms with Crippen molar-refractivity contribution < 1.29 is 13.2 Å². The van der Waals surface area contributed by atoms with Crippen molar-refractivity contribution >= 4 is 33.2 Å². The Kier molecular flexibility index (Phi) is 5.87. The third-order valence-corrected chi connectivity index (χ3v) is 6.08. The molecule has 0 heterocycles. The summed E-state index contributed by atoms with van der Waals surface area (Å²) in [4.78, 5) is 12.3. The van der Waals surface area contributed by atoms with Crippen LogP contribution in [0.1, 0.15) is 35.7 Å². The van der Waals surface area contributed by atoms with Gasteiger partial charge >= 0.3 is 0 Å². The van der Waals surface area contributed by atoms with Crippen LogP contribution in [0.3, 0.4) is 0 Å². The summed E-state index contributed by atoms with van der Waals surface area (Å²) in [5.74, 6) is 0.00369. The number of carbonyl (C=O) groups excluding carboxylic acids is 1. The van der Waals surface area contributed by atoms with Gasteiger partial charge in [-0.3, -0.25) is 4.79 Å². The lowest BCUT2D eigenvalue weighted by atomic mass is 10.0. The molecule has 0 spiro atoms. The maximum absolute atomic E-state index is 12.4. The standard InChI is InChI=1S/C18H21ClN2O3S/c1-12(2)13-5-8-15(9-6-13)20-18(22)14-7-10-16(19)17(11-14)25(23,24)21(3)4/h5-12H,1-4H3,(H,20,22). The number of rotatable bonds is 5. The Bertz CT molecular complexity index is 876. The number of halogens is 1. The second-order valence-electron chi connectivity index (χ2n) is 6.16. The van der Waals surface area contributed by atoms with E-state index in [0.717, 1.165) is 4.31 Å². The van der Waals surface area contributed by atoms with Crippen LogP contribution in [-0.2, 0) is 10.0 Å². The Hall–Kier alpha value is -1.89. The molecule has 0 aliphatic rings. The molecule has 0 unspecified atom stereocenters. The Balaban J connectivity index is 2.28. The monoisotopic (exact) mass is 380 g/mol. The summed E-state index contributed by atoms with van der Waals surface area (Å²) in [6.45, 7) is 4.18. The van der Waals surface area contributed by atoms with Crippen LogP contribution in [0, 0.1) is 0 Å². The van der Waals surface area contributed by atoms with Crippen LogP contribution in [-0.4, -0.2) is 32.7 Å². The molecule has 0 aliphatic heterocycles. The minimum absolute atomic E-state index is 0.0755. The first kappa shape index (κ1) is 19.4. The summed E-state index contributed by atoms with van der Waals surface area (Å²) in [6.07, 6.45) is 0. The topological polar surface area (TPSA) is 66.5 Å². The van der Waals surface area contributed by atoms with Gasteiger partial charge in [-0.05, 0) is 41.8 Å². The Labute approximate surface area is 153 Å². The van der Waals surface area contributed by atoms with Gasteiger partial charge in [-0.2, -0.15) is 0 Å². The number of benzene rings is 2. The molecule has 134 valence electrons. The average Bonchev–Trinajstić information content (AvgIpc) is 2.55. The van der Waals surface area contributed by atoms with Gasteiger partial charge in [0.2, 0.25) is 10.0 Å². The summed E-state index contributed by atoms with van der Waals surface area (Å²) in [7, 11) is -0.907. The molecule has 2 rings (SSSR count). The number of anilines is 1. The van der Waals surface area contributed by atoms with Crippen molar-refractivity contribution in [3.8, 4) is 0 Å². The molecule has 0 atom stereocenters. The van der Waals surface area contributed by atoms with Gasteiger partial charge in [0.25, 0.3) is 5.91 Å². The fourth-order valence-corrected chi connectivity index (χ4v) is 3.59. The van der Waals surface area contributed by atoms with Crippen molar-refractivity contribution in [1.29, 1.82) is 0 Å². The lowest BCUT2D eigenvalue weighted by Crippen LogP contribution is -2.23. The van der Waals surface area contributed by atoms with Crippen LogP contribution >= 0.6 is 11.6 Å². The minimum atomic E-state index is -3.73. The first-order valence-electron chi connectivity index (χ1n) is 7.76. The highest BCUT2D eigenvalue weighted by molar-refractivity contribution is 7.89. The van der Waals surface area contributed by atoms with Gasteiger partial charge in [0.05, 0.1) is 5.02 Å². The molecule has 25 heavy (non-hydrogen) atoms. The highest BCUT2D eigenvalue weighted by Gasteiger charge is 2.22. The number of amides is 1. The molecular formula is C18H21ClN2O3S. The molecule has 0 saturated carbocycles. The van der Waals surface area contributed by atoms with Crippen LogP contribution in [0.2, 0.25) is 5.02 Å². The van der Waals surface area contributed by atoms with E-state index in [4.69, 9.17) is 11.6 Å². The van der Waals surface area contributed by atoms with E-state index >= 15 is 0 Å². The van der Waals surface area contributed by atoms with Crippen molar-refractivity contribution in [3.05, 3.63) is 58.6 Å². The van der Waals surface area contributed by atoms with Crippen LogP contribution in [0.25, 0.3) is 0 Å². The van der Waals surface area contributed by atoms with Crippen molar-refractivity contribution in [3.63, 3.8) is 0 Å². The van der Waals surface area contributed by atoms with Crippen LogP contribution in [0.15, 0.2) is 47.4 Å². The molecule has 0 radical (unpaired) electrons. The molecule has 0 saturated heterocycles. The number of hydrogen-bond acceptors (Lipinski definition) is 3. The maximum Gasteiger partial charge on any atom is 0.255 e. The van der Waals surface area contributed by atoms with Crippen molar-refractivity contribution in [2.45, 2.75) is 24.7 Å². The van der Waals surface area contributed by atoms with E-state index in [1.807, 2.05) is 24.3 Å². The lowest BCUT2D eigenvalue weighted by Gasteiger charge is -2.14. The zero-order chi connectivity index (χ0) is 18.8. The first-order chi connectivity index (χ1) is 11.6. The van der Waals surface area contributed by atoms with Crippen LogP contribution < -0.4 is 5.32 Å². The second-order valence-corrected chi connectivity index (χ2v) is 8.69. The highest BCUT2D eigenvalue weighted by atomic mass is 35.5. The van der Waals surface area contributed by atoms with Gasteiger partial charge in [0.1, 0.15) is 4.90 Å². The third kappa shape index (κ3) is 4.39. The van der Waals surface area contributed by atoms with Gasteiger partial charge < -0.3 is 5.32 Å². The molecule has 1 amide bonds. The van der Waals surface area contributed by atoms with E-state index in [-0.39, 0.29) is 15.5 Å². The fourth-order valence-electron chi connectivity index (χ4n) is 2.19. The predicted octanol–water partition coefficient (Wildman–Crippen LogP) is 3.97. The van der Waals surface area contributed by atoms with Gasteiger partial charge in [-0.15, -0.1) is 0 Å². The van der Waals surface area contributed by atoms with Gasteiger partial charge in [-0.1, -0.05) is 37.6 Å². The number of hydrogen-bond donors (Lipinski definition) is 1. The molecule has 2 aromatic rings. The summed E-state index contributed by atoms with van der Waals surface area (Å²) >= 11 is 6.00. The van der Waals surface area contributed by atoms with Crippen molar-refractivity contribution in [1.82, 2.24) is 4.31 Å². The Morgan fingerprint density at radius 3 is 2.20 bits per heavy atom. The van der Waals surface area contributed by atoms with E-state index in [1.54, 1.807) is 0 Å². The second kappa shape index (κ2) is 7.56. The van der Waals surface area contributed by atoms with E-state index in [2.05, 4.69) is 19.2 Å². The minimum Gasteiger partial charge on any atom is -0.322 e. The summed E-state index contributed by atoms with van der Waals surface area (Å²) in [5.41, 5.74) is 2.03. The van der Waals surface area contributed by atoms with Crippen LogP contribution in [0.5, 0.6) is 0 Å². The van der Waals surface area contributed by atoms with E-state index < -0.39 is 15.9 Å². The molecule has 0 bridgehead atoms. The molecule has 5 nitrogen and oxygen atoms in total. The number of nitrogens with one attached hydrogen (secondary N) is 1. The van der Waals surface area contributed by atoms with Crippen molar-refractivity contribution in [2.75, 3.05) is 19.4 Å². The fraction of sp³-hybridized carbons (Fsp3) is 0.278. The summed E-state index contributed by atoms with van der Waals surface area (Å²) in [6, 6.07) is 11.7. The zero-order valence-corrected chi connectivity index (χ0v) is 16.1. The highest BCUT2D eigenvalue weighted by Crippen LogP contribution is 2.25. The quantitative estimate of drug-likeness (QED) is 0.853. The molecule has 0 fully saturated rings. The normalized spacial score (nSPS) is 11.8. The largest absolute Gasteiger partial charge is 0.322 e. The number of sulfonamides is 1. The number of carbonyl (C=O) groups is 1. The van der Waals surface area contributed by atoms with E-state index in [9.17, 15) is 13.2 Å². The molecule has 7 heteroatoms. The smallest absolute Gasteiger partial charge is 0.255 e. The van der Waals surface area contributed by atoms with Gasteiger partial charge in [-0.25, -0.2) is 12.7 Å². The molecule has 1 N–H and O–H groups in total. The van der Waals surface area contributed by atoms with Gasteiger partial charge in [0.15, 0.2) is 0 Å². The van der Waals surface area contributed by atoms with E-state index in [0.29, 0.717) is 11.6 Å². The summed E-state index contributed by atoms with van der Waals surface area (Å²) in [5, 5.41) is 2.84. The Morgan fingerprint density at radius 1 is 1.08 bits per heavy atom. The molecule has 2 aromatic carbocycles. The zero-order valence-electron chi connectivity index (χ0n) is 14.6. The molecule has 0 aliphatic carbocycles. The first-order valence-corrected chi connectivity index (χ1v) is 9.58. The molecular weight excluding hydrogens is 360 g/mol. The summed E-state index contributed by atoms with van der Waals surface area (Å²) < 4.78 is 25.7.